The van der Waals surface area contributed by atoms with Crippen molar-refractivity contribution in [1.29, 1.82) is 0 Å². The van der Waals surface area contributed by atoms with Gasteiger partial charge in [0.25, 0.3) is 0 Å². The van der Waals surface area contributed by atoms with Gasteiger partial charge in [-0.15, -0.1) is 0 Å². The van der Waals surface area contributed by atoms with Crippen molar-refractivity contribution in [2.75, 3.05) is 13.1 Å². The molecule has 0 radical (unpaired) electrons. The van der Waals surface area contributed by atoms with Crippen LogP contribution in [0.5, 0.6) is 0 Å². The average Bonchev–Trinajstić information content (AvgIpc) is 3.29. The molecule has 25 heavy (non-hydrogen) atoms. The van der Waals surface area contributed by atoms with Gasteiger partial charge in [-0.05, 0) is 30.9 Å². The Bertz CT molecular complexity index is 909. The first kappa shape index (κ1) is 16.3. The summed E-state index contributed by atoms with van der Waals surface area (Å²) in [6, 6.07) is 9.25. The minimum absolute atomic E-state index is 0.0475. The van der Waals surface area contributed by atoms with E-state index in [4.69, 9.17) is 0 Å². The third-order valence-electron chi connectivity index (χ3n) is 5.48. The van der Waals surface area contributed by atoms with Crippen molar-refractivity contribution < 1.29 is 18.3 Å². The van der Waals surface area contributed by atoms with Crippen LogP contribution in [-0.4, -0.2) is 46.7 Å². The molecule has 1 saturated heterocycles. The first-order chi connectivity index (χ1) is 11.9. The molecular weight excluding hydrogens is 342 g/mol. The molecule has 1 saturated carbocycles. The average molecular weight is 361 g/mol. The van der Waals surface area contributed by atoms with Crippen molar-refractivity contribution in [2.45, 2.75) is 24.2 Å². The van der Waals surface area contributed by atoms with Crippen LogP contribution in [0.25, 0.3) is 5.69 Å². The molecule has 8 heteroatoms. The van der Waals surface area contributed by atoms with Crippen LogP contribution in [0.15, 0.2) is 47.6 Å². The number of benzene rings is 1. The van der Waals surface area contributed by atoms with Crippen molar-refractivity contribution >= 4 is 16.0 Å². The normalized spacial score (nSPS) is 26.6. The lowest BCUT2D eigenvalue weighted by Gasteiger charge is -2.23. The second kappa shape index (κ2) is 5.67. The van der Waals surface area contributed by atoms with Crippen molar-refractivity contribution in [2.24, 2.45) is 11.3 Å². The molecule has 0 spiro atoms. The highest BCUT2D eigenvalue weighted by molar-refractivity contribution is 7.89. The summed E-state index contributed by atoms with van der Waals surface area (Å²) < 4.78 is 28.7. The maximum absolute atomic E-state index is 13.0. The van der Waals surface area contributed by atoms with Crippen LogP contribution >= 0.6 is 0 Å². The highest BCUT2D eigenvalue weighted by Crippen LogP contribution is 2.50. The van der Waals surface area contributed by atoms with E-state index in [0.29, 0.717) is 6.42 Å². The quantitative estimate of drug-likeness (QED) is 0.896. The van der Waals surface area contributed by atoms with Gasteiger partial charge in [0.2, 0.25) is 10.0 Å². The monoisotopic (exact) mass is 361 g/mol. The Hall–Kier alpha value is -2.19. The Kier molecular flexibility index (Phi) is 3.69. The second-order valence-corrected chi connectivity index (χ2v) is 8.74. The predicted molar refractivity (Wildman–Crippen MR) is 89.7 cm³/mol. The van der Waals surface area contributed by atoms with Crippen LogP contribution in [0.4, 0.5) is 0 Å². The van der Waals surface area contributed by atoms with Crippen LogP contribution in [0.1, 0.15) is 19.3 Å². The molecule has 1 aromatic carbocycles. The number of rotatable bonds is 4. The molecule has 1 aliphatic carbocycles. The van der Waals surface area contributed by atoms with Crippen LogP contribution in [0.3, 0.4) is 0 Å². The number of hydrogen-bond acceptors (Lipinski definition) is 4. The molecule has 1 aromatic heterocycles. The van der Waals surface area contributed by atoms with E-state index in [1.54, 1.807) is 0 Å². The summed E-state index contributed by atoms with van der Waals surface area (Å²) in [7, 11) is -3.75. The Morgan fingerprint density at radius 1 is 1.28 bits per heavy atom. The number of carbonyl (C=O) groups is 1. The number of carboxylic acid groups (broad SMARTS) is 1. The lowest BCUT2D eigenvalue weighted by atomic mass is 9.81. The van der Waals surface area contributed by atoms with E-state index in [2.05, 4.69) is 5.10 Å². The van der Waals surface area contributed by atoms with E-state index < -0.39 is 21.4 Å². The Morgan fingerprint density at radius 2 is 2.04 bits per heavy atom. The summed E-state index contributed by atoms with van der Waals surface area (Å²) in [5, 5.41) is 13.8. The van der Waals surface area contributed by atoms with Gasteiger partial charge in [0, 0.05) is 13.1 Å². The number of para-hydroxylation sites is 1. The van der Waals surface area contributed by atoms with Gasteiger partial charge >= 0.3 is 5.97 Å². The molecule has 2 aliphatic rings. The molecule has 132 valence electrons. The van der Waals surface area contributed by atoms with E-state index in [0.717, 1.165) is 18.5 Å². The Balaban J connectivity index is 1.63. The van der Waals surface area contributed by atoms with E-state index >= 15 is 0 Å². The van der Waals surface area contributed by atoms with Gasteiger partial charge in [0.05, 0.1) is 23.5 Å². The lowest BCUT2D eigenvalue weighted by Crippen LogP contribution is -2.37. The molecular formula is C17H19N3O4S. The van der Waals surface area contributed by atoms with Gasteiger partial charge in [-0.25, -0.2) is 13.1 Å². The maximum atomic E-state index is 13.0. The summed E-state index contributed by atoms with van der Waals surface area (Å²) in [5.41, 5.74) is -0.160. The van der Waals surface area contributed by atoms with Crippen LogP contribution in [0, 0.1) is 11.3 Å². The smallest absolute Gasteiger partial charge is 0.311 e. The maximum Gasteiger partial charge on any atom is 0.311 e. The van der Waals surface area contributed by atoms with Crippen molar-refractivity contribution in [3.05, 3.63) is 42.7 Å². The van der Waals surface area contributed by atoms with Crippen LogP contribution in [-0.2, 0) is 14.8 Å². The van der Waals surface area contributed by atoms with E-state index in [-0.39, 0.29) is 23.9 Å². The van der Waals surface area contributed by atoms with Crippen LogP contribution in [0.2, 0.25) is 0 Å². The first-order valence-corrected chi connectivity index (χ1v) is 9.71. The highest BCUT2D eigenvalue weighted by Gasteiger charge is 2.57. The zero-order chi connectivity index (χ0) is 17.7. The fourth-order valence-corrected chi connectivity index (χ4v) is 5.57. The molecule has 0 unspecified atom stereocenters. The highest BCUT2D eigenvalue weighted by atomic mass is 32.2. The molecule has 2 fully saturated rings. The Labute approximate surface area is 145 Å². The fourth-order valence-electron chi connectivity index (χ4n) is 4.09. The molecule has 2 atom stereocenters. The summed E-state index contributed by atoms with van der Waals surface area (Å²) in [6.07, 6.45) is 4.96. The number of aromatic nitrogens is 2. The topological polar surface area (TPSA) is 92.5 Å². The van der Waals surface area contributed by atoms with Gasteiger partial charge in [0.15, 0.2) is 0 Å². The standard InChI is InChI=1S/C17H19N3O4S/c21-16(22)17-8-4-5-13(17)10-19(12-17)25(23,24)15-9-18-20(11-15)14-6-2-1-3-7-14/h1-3,6-7,9,11,13H,4-5,8,10,12H2,(H,21,22)/t13-,17+/m0/s1. The fraction of sp³-hybridized carbons (Fsp3) is 0.412. The zero-order valence-corrected chi connectivity index (χ0v) is 14.4. The van der Waals surface area contributed by atoms with Crippen molar-refractivity contribution in [1.82, 2.24) is 14.1 Å². The minimum Gasteiger partial charge on any atom is -0.481 e. The Morgan fingerprint density at radius 3 is 2.72 bits per heavy atom. The van der Waals surface area contributed by atoms with Crippen molar-refractivity contribution in [3.63, 3.8) is 0 Å². The molecule has 7 nitrogen and oxygen atoms in total. The molecule has 2 heterocycles. The number of hydrogen-bond donors (Lipinski definition) is 1. The first-order valence-electron chi connectivity index (χ1n) is 8.27. The van der Waals surface area contributed by atoms with Crippen LogP contribution < -0.4 is 0 Å². The molecule has 0 bridgehead atoms. The van der Waals surface area contributed by atoms with Gasteiger partial charge in [0.1, 0.15) is 4.90 Å². The lowest BCUT2D eigenvalue weighted by molar-refractivity contribution is -0.149. The summed E-state index contributed by atoms with van der Waals surface area (Å²) in [5.74, 6) is -0.989. The van der Waals surface area contributed by atoms with Gasteiger partial charge in [-0.2, -0.15) is 9.40 Å². The van der Waals surface area contributed by atoms with E-state index in [1.807, 2.05) is 30.3 Å². The summed E-state index contributed by atoms with van der Waals surface area (Å²) in [4.78, 5) is 11.9. The summed E-state index contributed by atoms with van der Waals surface area (Å²) in [6.45, 7) is 0.316. The van der Waals surface area contributed by atoms with Crippen molar-refractivity contribution in [3.8, 4) is 5.69 Å². The minimum atomic E-state index is -3.75. The number of aliphatic carboxylic acids is 1. The third-order valence-corrected chi connectivity index (χ3v) is 7.25. The van der Waals surface area contributed by atoms with Gasteiger partial charge in [-0.1, -0.05) is 24.6 Å². The molecule has 0 amide bonds. The number of sulfonamides is 1. The second-order valence-electron chi connectivity index (χ2n) is 6.80. The number of carboxylic acids is 1. The zero-order valence-electron chi connectivity index (χ0n) is 13.6. The summed E-state index contributed by atoms with van der Waals surface area (Å²) >= 11 is 0. The van der Waals surface area contributed by atoms with Gasteiger partial charge < -0.3 is 5.11 Å². The van der Waals surface area contributed by atoms with E-state index in [9.17, 15) is 18.3 Å². The number of fused-ring (bicyclic) bond motifs is 1. The van der Waals surface area contributed by atoms with Gasteiger partial charge in [-0.3, -0.25) is 4.79 Å². The molecule has 4 rings (SSSR count). The SMILES string of the molecule is O=C(O)[C@@]12CCC[C@H]1CN(S(=O)(=O)c1cnn(-c3ccccc3)c1)C2. The van der Waals surface area contributed by atoms with E-state index in [1.165, 1.54) is 21.4 Å². The predicted octanol–water partition coefficient (Wildman–Crippen LogP) is 1.75. The largest absolute Gasteiger partial charge is 0.481 e. The molecule has 1 aliphatic heterocycles. The molecule has 2 aromatic rings. The number of nitrogens with zero attached hydrogens (tertiary/aromatic N) is 3. The molecule has 1 N–H and O–H groups in total. The third kappa shape index (κ3) is 2.47.